The molecule has 0 fully saturated rings. The van der Waals surface area contributed by atoms with Crippen LogP contribution >= 0.6 is 0 Å². The second-order valence-corrected chi connectivity index (χ2v) is 7.09. The molecular formula is C23H24O4. The van der Waals surface area contributed by atoms with Gasteiger partial charge in [-0.3, -0.25) is 9.59 Å². The zero-order chi connectivity index (χ0) is 19.4. The Morgan fingerprint density at radius 1 is 1.00 bits per heavy atom. The Morgan fingerprint density at radius 3 is 2.37 bits per heavy atom. The van der Waals surface area contributed by atoms with E-state index >= 15 is 0 Å². The fourth-order valence-electron chi connectivity index (χ4n) is 4.02. The van der Waals surface area contributed by atoms with Crippen LogP contribution in [0.5, 0.6) is 0 Å². The largest absolute Gasteiger partial charge is 0.468 e. The van der Waals surface area contributed by atoms with Crippen LogP contribution in [0.2, 0.25) is 0 Å². The summed E-state index contributed by atoms with van der Waals surface area (Å²) < 4.78 is 10.2. The molecule has 0 bridgehead atoms. The van der Waals surface area contributed by atoms with E-state index in [1.165, 1.54) is 14.2 Å². The normalized spacial score (nSPS) is 18.4. The van der Waals surface area contributed by atoms with Gasteiger partial charge in [0.05, 0.1) is 14.2 Å². The van der Waals surface area contributed by atoms with Crippen LogP contribution in [-0.2, 0) is 25.5 Å². The zero-order valence-electron chi connectivity index (χ0n) is 15.9. The Hall–Kier alpha value is -2.80. The number of allylic oxidation sites excluding steroid dienone is 3. The predicted octanol–water partition coefficient (Wildman–Crippen LogP) is 3.85. The van der Waals surface area contributed by atoms with Crippen molar-refractivity contribution in [3.05, 3.63) is 53.1 Å². The van der Waals surface area contributed by atoms with Crippen LogP contribution < -0.4 is 0 Å². The van der Waals surface area contributed by atoms with Gasteiger partial charge in [-0.05, 0) is 43.2 Å². The third kappa shape index (κ3) is 3.55. The molecule has 0 saturated heterocycles. The summed E-state index contributed by atoms with van der Waals surface area (Å²) in [4.78, 5) is 25.8. The smallest absolute Gasteiger partial charge is 0.323 e. The molecular weight excluding hydrogens is 340 g/mol. The molecule has 2 aliphatic rings. The van der Waals surface area contributed by atoms with E-state index in [9.17, 15) is 9.59 Å². The molecule has 1 aromatic carbocycles. The molecule has 1 aromatic rings. The second-order valence-electron chi connectivity index (χ2n) is 7.09. The minimum absolute atomic E-state index is 0.194. The Morgan fingerprint density at radius 2 is 1.67 bits per heavy atom. The number of esters is 2. The van der Waals surface area contributed by atoms with Gasteiger partial charge in [0.15, 0.2) is 5.41 Å². The van der Waals surface area contributed by atoms with E-state index < -0.39 is 17.4 Å². The fourth-order valence-corrected chi connectivity index (χ4v) is 4.02. The molecule has 0 amide bonds. The molecule has 3 rings (SSSR count). The summed E-state index contributed by atoms with van der Waals surface area (Å²) in [6, 6.07) is 7.61. The summed E-state index contributed by atoms with van der Waals surface area (Å²) in [5, 5.41) is 0. The Labute approximate surface area is 160 Å². The number of methoxy groups -OCH3 is 2. The van der Waals surface area contributed by atoms with Gasteiger partial charge in [-0.1, -0.05) is 48.3 Å². The first-order chi connectivity index (χ1) is 13.0. The van der Waals surface area contributed by atoms with E-state index in [4.69, 9.17) is 9.47 Å². The second kappa shape index (κ2) is 7.84. The summed E-state index contributed by atoms with van der Waals surface area (Å²) in [6.45, 7) is 4.12. The van der Waals surface area contributed by atoms with Gasteiger partial charge in [-0.15, -0.1) is 0 Å². The highest BCUT2D eigenvalue weighted by molar-refractivity contribution is 6.01. The number of rotatable bonds is 2. The van der Waals surface area contributed by atoms with Crippen molar-refractivity contribution >= 4 is 17.5 Å². The maximum atomic E-state index is 12.9. The lowest BCUT2D eigenvalue weighted by Gasteiger charge is -2.32. The number of carbonyl (C=O) groups excluding carboxylic acids is 2. The van der Waals surface area contributed by atoms with Gasteiger partial charge in [0, 0.05) is 17.6 Å². The maximum absolute atomic E-state index is 12.9. The Balaban J connectivity index is 2.26. The number of hydrogen-bond donors (Lipinski definition) is 0. The number of hydrogen-bond acceptors (Lipinski definition) is 4. The highest BCUT2D eigenvalue weighted by atomic mass is 16.5. The average Bonchev–Trinajstić information content (AvgIpc) is 2.71. The van der Waals surface area contributed by atoms with Crippen LogP contribution in [0, 0.1) is 17.3 Å². The quantitative estimate of drug-likeness (QED) is 0.454. The molecule has 0 atom stereocenters. The van der Waals surface area contributed by atoms with Gasteiger partial charge in [-0.25, -0.2) is 0 Å². The molecule has 0 radical (unpaired) electrons. The molecule has 0 aromatic heterocycles. The molecule has 4 nitrogen and oxygen atoms in total. The van der Waals surface area contributed by atoms with Crippen molar-refractivity contribution in [1.29, 1.82) is 0 Å². The lowest BCUT2D eigenvalue weighted by Crippen LogP contribution is -2.44. The monoisotopic (exact) mass is 364 g/mol. The Kier molecular flexibility index (Phi) is 5.51. The van der Waals surface area contributed by atoms with Crippen LogP contribution in [0.25, 0.3) is 5.57 Å². The molecule has 27 heavy (non-hydrogen) atoms. The van der Waals surface area contributed by atoms with Crippen LogP contribution in [0.3, 0.4) is 0 Å². The van der Waals surface area contributed by atoms with Gasteiger partial charge in [-0.2, -0.15) is 0 Å². The highest BCUT2D eigenvalue weighted by Gasteiger charge is 2.49. The summed E-state index contributed by atoms with van der Waals surface area (Å²) in [6.07, 6.45) is 4.23. The minimum Gasteiger partial charge on any atom is -0.468 e. The van der Waals surface area contributed by atoms with Crippen molar-refractivity contribution in [3.8, 4) is 11.8 Å². The molecule has 4 heteroatoms. The molecule has 0 saturated carbocycles. The first-order valence-electron chi connectivity index (χ1n) is 9.19. The average molecular weight is 364 g/mol. The molecule has 0 N–H and O–H groups in total. The van der Waals surface area contributed by atoms with E-state index in [1.807, 2.05) is 24.3 Å². The maximum Gasteiger partial charge on any atom is 0.323 e. The molecule has 140 valence electrons. The fraction of sp³-hybridized carbons (Fsp3) is 0.391. The van der Waals surface area contributed by atoms with Crippen molar-refractivity contribution in [2.24, 2.45) is 5.41 Å². The van der Waals surface area contributed by atoms with Gasteiger partial charge in [0.2, 0.25) is 0 Å². The van der Waals surface area contributed by atoms with Crippen molar-refractivity contribution < 1.29 is 19.1 Å². The first-order valence-corrected chi connectivity index (χ1v) is 9.19. The van der Waals surface area contributed by atoms with E-state index in [0.717, 1.165) is 48.0 Å². The molecule has 0 aliphatic heterocycles. The molecule has 0 unspecified atom stereocenters. The molecule has 0 heterocycles. The number of carbonyl (C=O) groups is 2. The summed E-state index contributed by atoms with van der Waals surface area (Å²) in [5.41, 5.74) is 3.02. The number of fused-ring (bicyclic) bond motifs is 1. The van der Waals surface area contributed by atoms with Crippen molar-refractivity contribution in [1.82, 2.24) is 0 Å². The predicted molar refractivity (Wildman–Crippen MR) is 104 cm³/mol. The Bertz CT molecular complexity index is 863. The van der Waals surface area contributed by atoms with Crippen molar-refractivity contribution in [2.45, 2.75) is 38.5 Å². The lowest BCUT2D eigenvalue weighted by atomic mass is 9.72. The molecule has 0 spiro atoms. The lowest BCUT2D eigenvalue weighted by molar-refractivity contribution is -0.169. The van der Waals surface area contributed by atoms with Crippen molar-refractivity contribution in [2.75, 3.05) is 14.2 Å². The van der Waals surface area contributed by atoms with Gasteiger partial charge in [0.25, 0.3) is 0 Å². The van der Waals surface area contributed by atoms with E-state index in [-0.39, 0.29) is 12.8 Å². The topological polar surface area (TPSA) is 52.6 Å². The third-order valence-electron chi connectivity index (χ3n) is 5.45. The number of ether oxygens (including phenoxy) is 2. The van der Waals surface area contributed by atoms with E-state index in [1.54, 1.807) is 0 Å². The standard InChI is InChI=1S/C23H24O4/c1-16-12-13-17-8-4-5-9-18(17)14-23(21(24)26-2,22(25)27-3)15-19-10-6-7-11-20(16)19/h6-7,10-11H,1,4-5,8-9,14-15H2,2-3H3. The van der Waals surface area contributed by atoms with E-state index in [2.05, 4.69) is 18.4 Å². The summed E-state index contributed by atoms with van der Waals surface area (Å²) >= 11 is 0. The van der Waals surface area contributed by atoms with Crippen molar-refractivity contribution in [3.63, 3.8) is 0 Å². The number of benzene rings is 1. The first kappa shape index (κ1) is 19.0. The van der Waals surface area contributed by atoms with Crippen LogP contribution in [0.1, 0.15) is 43.2 Å². The minimum atomic E-state index is -1.42. The van der Waals surface area contributed by atoms with Crippen LogP contribution in [-0.4, -0.2) is 26.2 Å². The third-order valence-corrected chi connectivity index (χ3v) is 5.45. The highest BCUT2D eigenvalue weighted by Crippen LogP contribution is 2.40. The van der Waals surface area contributed by atoms with E-state index in [0.29, 0.717) is 5.57 Å². The SMILES string of the molecule is C=C1C#CC2=C(CCCC2)CC(C(=O)OC)(C(=O)OC)Cc2ccccc21. The van der Waals surface area contributed by atoms with Crippen LogP contribution in [0.15, 0.2) is 42.0 Å². The van der Waals surface area contributed by atoms with Gasteiger partial charge < -0.3 is 9.47 Å². The van der Waals surface area contributed by atoms with Gasteiger partial charge >= 0.3 is 11.9 Å². The summed E-state index contributed by atoms with van der Waals surface area (Å²) in [5.74, 6) is 5.31. The summed E-state index contributed by atoms with van der Waals surface area (Å²) in [7, 11) is 2.62. The zero-order valence-corrected chi connectivity index (χ0v) is 15.9. The molecule has 2 aliphatic carbocycles. The van der Waals surface area contributed by atoms with Crippen LogP contribution in [0.4, 0.5) is 0 Å². The van der Waals surface area contributed by atoms with Gasteiger partial charge in [0.1, 0.15) is 0 Å².